The van der Waals surface area contributed by atoms with Crippen LogP contribution in [0.5, 0.6) is 0 Å². The van der Waals surface area contributed by atoms with Gasteiger partial charge in [-0.2, -0.15) is 8.68 Å². The van der Waals surface area contributed by atoms with Crippen LogP contribution in [0.4, 0.5) is 10.8 Å². The van der Waals surface area contributed by atoms with Crippen LogP contribution < -0.4 is 4.90 Å². The molecule has 168 valence electrons. The van der Waals surface area contributed by atoms with E-state index in [9.17, 15) is 18.5 Å². The van der Waals surface area contributed by atoms with E-state index in [4.69, 9.17) is 11.6 Å². The number of nitrogens with zero attached hydrogens (tertiary/aromatic N) is 5. The molecule has 4 rings (SSSR count). The number of benzene rings is 2. The zero-order valence-corrected chi connectivity index (χ0v) is 19.5. The summed E-state index contributed by atoms with van der Waals surface area (Å²) in [5.41, 5.74) is 1.93. The summed E-state index contributed by atoms with van der Waals surface area (Å²) < 4.78 is 31.7. The Kier molecular flexibility index (Phi) is 6.42. The normalized spacial score (nSPS) is 15.1. The predicted molar refractivity (Wildman–Crippen MR) is 123 cm³/mol. The van der Waals surface area contributed by atoms with Gasteiger partial charge in [0.25, 0.3) is 5.69 Å². The minimum Gasteiger partial charge on any atom is -0.344 e. The number of halogens is 1. The van der Waals surface area contributed by atoms with Gasteiger partial charge in [0.1, 0.15) is 10.8 Å². The van der Waals surface area contributed by atoms with Crippen molar-refractivity contribution in [2.75, 3.05) is 31.1 Å². The van der Waals surface area contributed by atoms with Gasteiger partial charge in [-0.3, -0.25) is 10.1 Å². The summed E-state index contributed by atoms with van der Waals surface area (Å²) in [7, 11) is -3.87. The summed E-state index contributed by atoms with van der Waals surface area (Å²) in [6.45, 7) is 3.44. The Hall–Kier alpha value is -2.60. The van der Waals surface area contributed by atoms with E-state index in [2.05, 4.69) is 28.4 Å². The maximum atomic E-state index is 13.0. The molecule has 0 unspecified atom stereocenters. The molecule has 1 aliphatic heterocycles. The number of aromatic nitrogens is 2. The van der Waals surface area contributed by atoms with Gasteiger partial charge in [-0.15, -0.1) is 0 Å². The highest BCUT2D eigenvalue weighted by atomic mass is 35.5. The standard InChI is InChI=1S/C20H20ClN5O4S2/c1-14-4-2-3-5-15(14)12-19-22-20(31-23-19)24-8-10-25(11-9-24)32(29,30)16-6-7-17(21)18(13-16)26(27)28/h2-7,13H,8-12H2,1H3. The molecule has 0 bridgehead atoms. The summed E-state index contributed by atoms with van der Waals surface area (Å²) in [4.78, 5) is 16.9. The Labute approximate surface area is 194 Å². The van der Waals surface area contributed by atoms with Crippen LogP contribution in [0.25, 0.3) is 0 Å². The lowest BCUT2D eigenvalue weighted by atomic mass is 10.1. The number of rotatable bonds is 6. The van der Waals surface area contributed by atoms with Crippen LogP contribution in [0.1, 0.15) is 17.0 Å². The number of nitro benzene ring substituents is 1. The number of anilines is 1. The van der Waals surface area contributed by atoms with Crippen molar-refractivity contribution in [1.82, 2.24) is 13.7 Å². The molecular formula is C20H20ClN5O4S2. The largest absolute Gasteiger partial charge is 0.344 e. The van der Waals surface area contributed by atoms with E-state index < -0.39 is 20.6 Å². The van der Waals surface area contributed by atoms with E-state index in [0.29, 0.717) is 19.5 Å². The summed E-state index contributed by atoms with van der Waals surface area (Å²) in [5, 5.41) is 11.8. The number of sulfonamides is 1. The monoisotopic (exact) mass is 493 g/mol. The first-order valence-electron chi connectivity index (χ1n) is 9.82. The topological polar surface area (TPSA) is 110 Å². The minimum atomic E-state index is -3.87. The Morgan fingerprint density at radius 3 is 2.56 bits per heavy atom. The average molecular weight is 494 g/mol. The van der Waals surface area contributed by atoms with Crippen LogP contribution in [0, 0.1) is 17.0 Å². The fraction of sp³-hybridized carbons (Fsp3) is 0.300. The van der Waals surface area contributed by atoms with Gasteiger partial charge in [0.05, 0.1) is 9.82 Å². The maximum Gasteiger partial charge on any atom is 0.289 e. The number of nitro groups is 1. The summed E-state index contributed by atoms with van der Waals surface area (Å²) in [6.07, 6.45) is 0.646. The smallest absolute Gasteiger partial charge is 0.289 e. The second-order valence-corrected chi connectivity index (χ2v) is 10.4. The van der Waals surface area contributed by atoms with E-state index in [0.717, 1.165) is 17.0 Å². The van der Waals surface area contributed by atoms with Gasteiger partial charge in [-0.05, 0) is 30.2 Å². The highest BCUT2D eigenvalue weighted by Crippen LogP contribution is 2.29. The van der Waals surface area contributed by atoms with Crippen molar-refractivity contribution in [3.63, 3.8) is 0 Å². The van der Waals surface area contributed by atoms with Crippen molar-refractivity contribution >= 4 is 44.0 Å². The average Bonchev–Trinajstić information content (AvgIpc) is 3.24. The molecule has 1 aromatic heterocycles. The molecular weight excluding hydrogens is 474 g/mol. The fourth-order valence-corrected chi connectivity index (χ4v) is 5.85. The van der Waals surface area contributed by atoms with E-state index >= 15 is 0 Å². The molecule has 32 heavy (non-hydrogen) atoms. The van der Waals surface area contributed by atoms with E-state index in [1.54, 1.807) is 0 Å². The number of hydrogen-bond donors (Lipinski definition) is 0. The van der Waals surface area contributed by atoms with Crippen molar-refractivity contribution in [2.45, 2.75) is 18.2 Å². The highest BCUT2D eigenvalue weighted by Gasteiger charge is 2.31. The number of aryl methyl sites for hydroxylation is 1. The number of hydrogen-bond acceptors (Lipinski definition) is 8. The Morgan fingerprint density at radius 2 is 1.88 bits per heavy atom. The predicted octanol–water partition coefficient (Wildman–Crippen LogP) is 3.51. The first-order valence-corrected chi connectivity index (χ1v) is 12.4. The second-order valence-electron chi connectivity index (χ2n) is 7.36. The van der Waals surface area contributed by atoms with Crippen molar-refractivity contribution in [1.29, 1.82) is 0 Å². The Bertz CT molecular complexity index is 1260. The first kappa shape index (κ1) is 22.6. The molecule has 9 nitrogen and oxygen atoms in total. The van der Waals surface area contributed by atoms with Crippen LogP contribution in [0.2, 0.25) is 5.02 Å². The molecule has 2 heterocycles. The van der Waals surface area contributed by atoms with E-state index in [1.807, 2.05) is 17.0 Å². The van der Waals surface area contributed by atoms with Gasteiger partial charge >= 0.3 is 0 Å². The molecule has 0 saturated carbocycles. The van der Waals surface area contributed by atoms with Gasteiger partial charge in [0, 0.05) is 50.2 Å². The zero-order valence-electron chi connectivity index (χ0n) is 17.1. The quantitative estimate of drug-likeness (QED) is 0.381. The molecule has 12 heteroatoms. The third-order valence-corrected chi connectivity index (χ3v) is 8.36. The highest BCUT2D eigenvalue weighted by molar-refractivity contribution is 7.89. The molecule has 0 N–H and O–H groups in total. The van der Waals surface area contributed by atoms with E-state index in [1.165, 1.54) is 39.1 Å². The molecule has 1 saturated heterocycles. The molecule has 0 radical (unpaired) electrons. The zero-order chi connectivity index (χ0) is 22.9. The third kappa shape index (κ3) is 4.60. The molecule has 2 aromatic carbocycles. The van der Waals surface area contributed by atoms with Gasteiger partial charge < -0.3 is 4.90 Å². The molecule has 1 fully saturated rings. The lowest BCUT2D eigenvalue weighted by molar-refractivity contribution is -0.384. The lowest BCUT2D eigenvalue weighted by Gasteiger charge is -2.33. The lowest BCUT2D eigenvalue weighted by Crippen LogP contribution is -2.48. The van der Waals surface area contributed by atoms with Crippen LogP contribution in [0.3, 0.4) is 0 Å². The van der Waals surface area contributed by atoms with Crippen LogP contribution in [-0.4, -0.2) is 53.2 Å². The SMILES string of the molecule is Cc1ccccc1Cc1nsc(N2CCN(S(=O)(=O)c3ccc(Cl)c([N+](=O)[O-])c3)CC2)n1. The van der Waals surface area contributed by atoms with Crippen molar-refractivity contribution in [3.8, 4) is 0 Å². The second kappa shape index (κ2) is 9.10. The first-order chi connectivity index (χ1) is 15.3. The van der Waals surface area contributed by atoms with Gasteiger partial charge in [0.2, 0.25) is 15.2 Å². The van der Waals surface area contributed by atoms with Crippen molar-refractivity contribution < 1.29 is 13.3 Å². The van der Waals surface area contributed by atoms with Crippen LogP contribution >= 0.6 is 23.1 Å². The van der Waals surface area contributed by atoms with Crippen molar-refractivity contribution in [2.24, 2.45) is 0 Å². The summed E-state index contributed by atoms with van der Waals surface area (Å²) in [5.74, 6) is 0.739. The molecule has 3 aromatic rings. The van der Waals surface area contributed by atoms with Gasteiger partial charge in [0.15, 0.2) is 0 Å². The van der Waals surface area contributed by atoms with E-state index in [-0.39, 0.29) is 23.0 Å². The van der Waals surface area contributed by atoms with Gasteiger partial charge in [-0.25, -0.2) is 13.4 Å². The number of piperazine rings is 1. The summed E-state index contributed by atoms with van der Waals surface area (Å²) in [6, 6.07) is 11.6. The Morgan fingerprint density at radius 1 is 1.16 bits per heavy atom. The molecule has 0 spiro atoms. The minimum absolute atomic E-state index is 0.100. The molecule has 0 amide bonds. The fourth-order valence-electron chi connectivity index (χ4n) is 3.49. The van der Waals surface area contributed by atoms with Gasteiger partial charge in [-0.1, -0.05) is 35.9 Å². The molecule has 0 atom stereocenters. The van der Waals surface area contributed by atoms with Crippen molar-refractivity contribution in [3.05, 3.63) is 74.6 Å². The Balaban J connectivity index is 1.43. The third-order valence-electron chi connectivity index (χ3n) is 5.33. The maximum absolute atomic E-state index is 13.0. The van der Waals surface area contributed by atoms with Crippen LogP contribution in [0.15, 0.2) is 47.4 Å². The molecule has 0 aliphatic carbocycles. The van der Waals surface area contributed by atoms with Crippen LogP contribution in [-0.2, 0) is 16.4 Å². The summed E-state index contributed by atoms with van der Waals surface area (Å²) >= 11 is 7.11. The molecule has 1 aliphatic rings.